The minimum Gasteiger partial charge on any atom is -0.349 e. The zero-order valence-electron chi connectivity index (χ0n) is 12.2. The van der Waals surface area contributed by atoms with Crippen LogP contribution in [0.3, 0.4) is 0 Å². The van der Waals surface area contributed by atoms with Gasteiger partial charge >= 0.3 is 0 Å². The predicted molar refractivity (Wildman–Crippen MR) is 81.8 cm³/mol. The Labute approximate surface area is 127 Å². The van der Waals surface area contributed by atoms with Crippen LogP contribution in [0.25, 0.3) is 0 Å². The van der Waals surface area contributed by atoms with Gasteiger partial charge in [0.15, 0.2) is 6.17 Å². The third-order valence-electron chi connectivity index (χ3n) is 3.03. The van der Waals surface area contributed by atoms with E-state index in [0.29, 0.717) is 6.54 Å². The second kappa shape index (κ2) is 7.21. The maximum absolute atomic E-state index is 12.3. The fourth-order valence-electron chi connectivity index (χ4n) is 1.99. The van der Waals surface area contributed by atoms with Gasteiger partial charge in [-0.25, -0.2) is 0 Å². The molecule has 0 saturated heterocycles. The molecule has 6 heteroatoms. The summed E-state index contributed by atoms with van der Waals surface area (Å²) in [7, 11) is 0. The Morgan fingerprint density at radius 2 is 1.77 bits per heavy atom. The maximum Gasteiger partial charge on any atom is 0.264 e. The molecule has 2 amide bonds. The Morgan fingerprint density at radius 1 is 1.09 bits per heavy atom. The number of benzene rings is 1. The lowest BCUT2D eigenvalue weighted by molar-refractivity contribution is -0.130. The summed E-state index contributed by atoms with van der Waals surface area (Å²) < 4.78 is 1.18. The van der Waals surface area contributed by atoms with Crippen molar-refractivity contribution in [3.63, 3.8) is 0 Å². The van der Waals surface area contributed by atoms with Gasteiger partial charge in [-0.3, -0.25) is 19.0 Å². The molecule has 1 atom stereocenters. The van der Waals surface area contributed by atoms with Crippen LogP contribution in [-0.2, 0) is 16.1 Å². The second-order valence-corrected chi connectivity index (χ2v) is 4.75. The normalized spacial score (nSPS) is 11.5. The molecule has 1 heterocycles. The van der Waals surface area contributed by atoms with Crippen LogP contribution in [0.1, 0.15) is 18.7 Å². The van der Waals surface area contributed by atoms with E-state index in [9.17, 15) is 14.4 Å². The molecule has 1 aromatic heterocycles. The van der Waals surface area contributed by atoms with Gasteiger partial charge in [0.1, 0.15) is 0 Å². The highest BCUT2D eigenvalue weighted by atomic mass is 16.2. The first-order valence-corrected chi connectivity index (χ1v) is 6.84. The van der Waals surface area contributed by atoms with Gasteiger partial charge in [-0.15, -0.1) is 0 Å². The summed E-state index contributed by atoms with van der Waals surface area (Å²) in [5, 5.41) is 5.20. The van der Waals surface area contributed by atoms with Gasteiger partial charge in [0.2, 0.25) is 5.91 Å². The summed E-state index contributed by atoms with van der Waals surface area (Å²) in [6.45, 7) is 1.61. The van der Waals surface area contributed by atoms with Crippen LogP contribution < -0.4 is 16.2 Å². The fourth-order valence-corrected chi connectivity index (χ4v) is 1.99. The molecule has 114 valence electrons. The standard InChI is InChI=1S/C16H17N3O3/c1-12(20)18-15(19-10-6-5-9-14(19)21)16(22)17-11-13-7-3-2-4-8-13/h2-10,15H,11H2,1H3,(H,17,22)(H,18,20). The number of amides is 2. The van der Waals surface area contributed by atoms with Crippen LogP contribution in [0.5, 0.6) is 0 Å². The largest absolute Gasteiger partial charge is 0.349 e. The van der Waals surface area contributed by atoms with Gasteiger partial charge in [0, 0.05) is 25.7 Å². The van der Waals surface area contributed by atoms with Gasteiger partial charge in [0.25, 0.3) is 11.5 Å². The number of nitrogens with zero attached hydrogens (tertiary/aromatic N) is 1. The zero-order valence-corrected chi connectivity index (χ0v) is 12.2. The lowest BCUT2D eigenvalue weighted by atomic mass is 10.2. The molecular weight excluding hydrogens is 282 g/mol. The molecule has 0 aliphatic heterocycles. The quantitative estimate of drug-likeness (QED) is 0.857. The summed E-state index contributed by atoms with van der Waals surface area (Å²) >= 11 is 0. The lowest BCUT2D eigenvalue weighted by Crippen LogP contribution is -2.45. The highest BCUT2D eigenvalue weighted by Crippen LogP contribution is 2.02. The number of carbonyl (C=O) groups excluding carboxylic acids is 2. The van der Waals surface area contributed by atoms with Crippen molar-refractivity contribution < 1.29 is 9.59 Å². The Kier molecular flexibility index (Phi) is 5.08. The first kappa shape index (κ1) is 15.5. The van der Waals surface area contributed by atoms with E-state index in [0.717, 1.165) is 5.56 Å². The fraction of sp³-hybridized carbons (Fsp3) is 0.188. The molecule has 1 unspecified atom stereocenters. The van der Waals surface area contributed by atoms with Gasteiger partial charge in [0.05, 0.1) is 0 Å². The van der Waals surface area contributed by atoms with Gasteiger partial charge in [-0.1, -0.05) is 36.4 Å². The number of carbonyl (C=O) groups is 2. The summed E-state index contributed by atoms with van der Waals surface area (Å²) in [6.07, 6.45) is 0.389. The topological polar surface area (TPSA) is 80.2 Å². The lowest BCUT2D eigenvalue weighted by Gasteiger charge is -2.19. The van der Waals surface area contributed by atoms with Crippen molar-refractivity contribution in [3.8, 4) is 0 Å². The Morgan fingerprint density at radius 3 is 2.41 bits per heavy atom. The second-order valence-electron chi connectivity index (χ2n) is 4.75. The Balaban J connectivity index is 2.15. The van der Waals surface area contributed by atoms with Gasteiger partial charge < -0.3 is 10.6 Å². The Bertz CT molecular complexity index is 710. The summed E-state index contributed by atoms with van der Waals surface area (Å²) in [6, 6.07) is 13.9. The predicted octanol–water partition coefficient (Wildman–Crippen LogP) is 0.799. The summed E-state index contributed by atoms with van der Waals surface area (Å²) in [5.41, 5.74) is 0.564. The van der Waals surface area contributed by atoms with Gasteiger partial charge in [-0.2, -0.15) is 0 Å². The van der Waals surface area contributed by atoms with Crippen molar-refractivity contribution in [2.24, 2.45) is 0 Å². The molecular formula is C16H17N3O3. The van der Waals surface area contributed by atoms with E-state index in [2.05, 4.69) is 10.6 Å². The Hall–Kier alpha value is -2.89. The number of pyridine rings is 1. The average molecular weight is 299 g/mol. The van der Waals surface area contributed by atoms with Gasteiger partial charge in [-0.05, 0) is 11.6 Å². The number of aromatic nitrogens is 1. The molecule has 0 spiro atoms. The average Bonchev–Trinajstić information content (AvgIpc) is 2.52. The molecule has 0 fully saturated rings. The molecule has 0 aliphatic rings. The van der Waals surface area contributed by atoms with Crippen LogP contribution in [0.15, 0.2) is 59.5 Å². The molecule has 0 radical (unpaired) electrons. The van der Waals surface area contributed by atoms with E-state index in [-0.39, 0.29) is 5.56 Å². The monoisotopic (exact) mass is 299 g/mol. The van der Waals surface area contributed by atoms with E-state index in [1.54, 1.807) is 12.1 Å². The molecule has 0 saturated carbocycles. The molecule has 22 heavy (non-hydrogen) atoms. The number of nitrogens with one attached hydrogen (secondary N) is 2. The van der Waals surface area contributed by atoms with E-state index in [1.807, 2.05) is 30.3 Å². The zero-order chi connectivity index (χ0) is 15.9. The van der Waals surface area contributed by atoms with Crippen LogP contribution in [0.4, 0.5) is 0 Å². The van der Waals surface area contributed by atoms with E-state index in [1.165, 1.54) is 23.8 Å². The van der Waals surface area contributed by atoms with Crippen molar-refractivity contribution in [3.05, 3.63) is 70.6 Å². The summed E-state index contributed by atoms with van der Waals surface area (Å²) in [5.74, 6) is -0.844. The van der Waals surface area contributed by atoms with E-state index >= 15 is 0 Å². The molecule has 0 bridgehead atoms. The third kappa shape index (κ3) is 4.05. The minimum atomic E-state index is -1.07. The molecule has 1 aromatic carbocycles. The van der Waals surface area contributed by atoms with Crippen LogP contribution >= 0.6 is 0 Å². The molecule has 2 aromatic rings. The first-order chi connectivity index (χ1) is 10.6. The minimum absolute atomic E-state index is 0.317. The maximum atomic E-state index is 12.3. The van der Waals surface area contributed by atoms with Crippen molar-refractivity contribution in [1.29, 1.82) is 0 Å². The molecule has 0 aliphatic carbocycles. The van der Waals surface area contributed by atoms with E-state index < -0.39 is 18.0 Å². The molecule has 2 N–H and O–H groups in total. The van der Waals surface area contributed by atoms with Crippen molar-refractivity contribution in [2.75, 3.05) is 0 Å². The van der Waals surface area contributed by atoms with Crippen molar-refractivity contribution in [1.82, 2.24) is 15.2 Å². The highest BCUT2D eigenvalue weighted by molar-refractivity contribution is 5.85. The molecule has 6 nitrogen and oxygen atoms in total. The number of rotatable bonds is 5. The van der Waals surface area contributed by atoms with E-state index in [4.69, 9.17) is 0 Å². The van der Waals surface area contributed by atoms with Crippen LogP contribution in [0, 0.1) is 0 Å². The SMILES string of the molecule is CC(=O)NC(C(=O)NCc1ccccc1)n1ccccc1=O. The smallest absolute Gasteiger partial charge is 0.264 e. The van der Waals surface area contributed by atoms with Crippen LogP contribution in [0.2, 0.25) is 0 Å². The van der Waals surface area contributed by atoms with Crippen LogP contribution in [-0.4, -0.2) is 16.4 Å². The number of hydrogen-bond acceptors (Lipinski definition) is 3. The van der Waals surface area contributed by atoms with Crippen molar-refractivity contribution >= 4 is 11.8 Å². The number of hydrogen-bond donors (Lipinski definition) is 2. The summed E-state index contributed by atoms with van der Waals surface area (Å²) in [4.78, 5) is 35.5. The molecule has 2 rings (SSSR count). The van der Waals surface area contributed by atoms with Crippen molar-refractivity contribution in [2.45, 2.75) is 19.6 Å². The third-order valence-corrected chi connectivity index (χ3v) is 3.03. The first-order valence-electron chi connectivity index (χ1n) is 6.84. The highest BCUT2D eigenvalue weighted by Gasteiger charge is 2.21.